The summed E-state index contributed by atoms with van der Waals surface area (Å²) in [6.07, 6.45) is 0.774. The summed E-state index contributed by atoms with van der Waals surface area (Å²) in [6, 6.07) is -3.65. The molecule has 3 amide bonds. The number of aliphatic carboxylic acids is 1. The normalized spacial score (nSPS) is 21.9. The second-order valence-electron chi connectivity index (χ2n) is 6.91. The number of aliphatic imine (C=N–C) groups is 1. The van der Waals surface area contributed by atoms with Gasteiger partial charge >= 0.3 is 12.0 Å². The third-order valence-corrected chi connectivity index (χ3v) is 4.58. The van der Waals surface area contributed by atoms with E-state index in [-0.39, 0.29) is 23.6 Å². The predicted molar refractivity (Wildman–Crippen MR) is 100 cm³/mol. The van der Waals surface area contributed by atoms with Crippen LogP contribution in [0.5, 0.6) is 0 Å². The Labute approximate surface area is 170 Å². The van der Waals surface area contributed by atoms with E-state index in [1.807, 2.05) is 5.32 Å². The fourth-order valence-corrected chi connectivity index (χ4v) is 2.84. The molecule has 1 aliphatic carbocycles. The molecule has 1 heterocycles. The van der Waals surface area contributed by atoms with E-state index in [9.17, 15) is 14.4 Å². The quantitative estimate of drug-likeness (QED) is 0.127. The van der Waals surface area contributed by atoms with Gasteiger partial charge in [-0.05, 0) is 18.8 Å². The number of urea groups is 1. The molecule has 1 aromatic rings. The molecule has 1 saturated carbocycles. The lowest BCUT2D eigenvalue weighted by atomic mass is 10.1. The van der Waals surface area contributed by atoms with Crippen LogP contribution in [-0.2, 0) is 15.1 Å². The molecule has 1 aliphatic rings. The molecule has 2 rings (SSSR count). The van der Waals surface area contributed by atoms with Crippen LogP contribution in [0.3, 0.4) is 0 Å². The van der Waals surface area contributed by atoms with E-state index < -0.39 is 48.6 Å². The number of primary amides is 1. The zero-order valence-corrected chi connectivity index (χ0v) is 15.9. The molecule has 1 fully saturated rings. The molecule has 2 unspecified atom stereocenters. The number of nitrogens with two attached hydrogens (primary N) is 4. The van der Waals surface area contributed by atoms with Gasteiger partial charge in [0.25, 0.3) is 0 Å². The number of nitrogens with zero attached hydrogens (tertiary/aromatic N) is 3. The molecular formula is C15H25N9O6. The first kappa shape index (κ1) is 22.8. The monoisotopic (exact) mass is 427 g/mol. The zero-order chi connectivity index (χ0) is 22.5. The summed E-state index contributed by atoms with van der Waals surface area (Å²) in [4.78, 5) is 42.4. The first-order chi connectivity index (χ1) is 14.1. The highest BCUT2D eigenvalue weighted by atomic mass is 16.5. The Morgan fingerprint density at radius 2 is 2.00 bits per heavy atom. The van der Waals surface area contributed by atoms with Crippen molar-refractivity contribution in [1.82, 2.24) is 20.8 Å². The van der Waals surface area contributed by atoms with Crippen molar-refractivity contribution in [2.75, 3.05) is 13.2 Å². The highest BCUT2D eigenvalue weighted by Crippen LogP contribution is 2.50. The molecule has 1 aromatic heterocycles. The van der Waals surface area contributed by atoms with Gasteiger partial charge in [-0.3, -0.25) is 9.79 Å². The number of carboxylic acid groups (broad SMARTS) is 1. The van der Waals surface area contributed by atoms with Crippen molar-refractivity contribution in [3.05, 3.63) is 11.7 Å². The minimum atomic E-state index is -1.54. The first-order valence-electron chi connectivity index (χ1n) is 8.94. The molecule has 0 spiro atoms. The van der Waals surface area contributed by atoms with Crippen LogP contribution in [0.15, 0.2) is 9.52 Å². The summed E-state index contributed by atoms with van der Waals surface area (Å²) in [5, 5.41) is 26.0. The number of aromatic nitrogens is 2. The maximum absolute atomic E-state index is 12.0. The van der Waals surface area contributed by atoms with Gasteiger partial charge in [0.1, 0.15) is 6.04 Å². The highest BCUT2D eigenvalue weighted by molar-refractivity contribution is 5.83. The largest absolute Gasteiger partial charge is 0.480 e. The summed E-state index contributed by atoms with van der Waals surface area (Å²) in [6.45, 7) is -0.441. The first-order valence-corrected chi connectivity index (χ1v) is 8.94. The SMILES string of the molecule is NC(=O)C[C@H](NC(=O)N[C@@H](CO)C(=O)O)c1nc(C2(N)CC2CCN=C(N)N)no1. The lowest BCUT2D eigenvalue weighted by molar-refractivity contribution is -0.140. The molecule has 0 saturated heterocycles. The number of carbonyl (C=O) groups excluding carboxylic acids is 2. The van der Waals surface area contributed by atoms with Crippen LogP contribution in [-0.4, -0.2) is 63.4 Å². The number of hydrogen-bond acceptors (Lipinski definition) is 9. The van der Waals surface area contributed by atoms with Gasteiger partial charge in [0, 0.05) is 6.54 Å². The summed E-state index contributed by atoms with van der Waals surface area (Å²) in [5.41, 5.74) is 21.2. The molecule has 4 atom stereocenters. The van der Waals surface area contributed by atoms with Crippen molar-refractivity contribution in [3.8, 4) is 0 Å². The van der Waals surface area contributed by atoms with Crippen molar-refractivity contribution in [2.45, 2.75) is 36.9 Å². The Kier molecular flexibility index (Phi) is 7.12. The van der Waals surface area contributed by atoms with Gasteiger partial charge in [0.15, 0.2) is 17.8 Å². The summed E-state index contributed by atoms with van der Waals surface area (Å²) in [5.74, 6) is -2.18. The van der Waals surface area contributed by atoms with E-state index in [2.05, 4.69) is 20.4 Å². The van der Waals surface area contributed by atoms with Crippen molar-refractivity contribution in [2.24, 2.45) is 33.8 Å². The summed E-state index contributed by atoms with van der Waals surface area (Å²) in [7, 11) is 0. The predicted octanol–water partition coefficient (Wildman–Crippen LogP) is -3.43. The Balaban J connectivity index is 2.06. The molecule has 30 heavy (non-hydrogen) atoms. The Bertz CT molecular complexity index is 823. The van der Waals surface area contributed by atoms with Crippen molar-refractivity contribution in [1.29, 1.82) is 0 Å². The second kappa shape index (κ2) is 9.36. The smallest absolute Gasteiger partial charge is 0.328 e. The fraction of sp³-hybridized carbons (Fsp3) is 0.600. The lowest BCUT2D eigenvalue weighted by Crippen LogP contribution is -2.49. The summed E-state index contributed by atoms with van der Waals surface area (Å²) >= 11 is 0. The molecule has 0 aliphatic heterocycles. The number of hydrogen-bond donors (Lipinski definition) is 8. The highest BCUT2D eigenvalue weighted by Gasteiger charge is 2.55. The number of aliphatic hydroxyl groups excluding tert-OH is 1. The van der Waals surface area contributed by atoms with Crippen molar-refractivity contribution in [3.63, 3.8) is 0 Å². The standard InChI is InChI=1S/C15H25N9O6/c16-9(26)3-7(21-14(29)22-8(5-25)11(27)28)10-23-12(24-30-10)15(19)4-6(15)1-2-20-13(17)18/h6-8,25H,1-5,19H2,(H2,16,26)(H,27,28)(H4,17,18,20)(H2,21,22,29)/t6?,7-,8-,15?/m0/s1. The zero-order valence-electron chi connectivity index (χ0n) is 15.9. The summed E-state index contributed by atoms with van der Waals surface area (Å²) < 4.78 is 5.14. The van der Waals surface area contributed by atoms with E-state index in [1.54, 1.807) is 0 Å². The van der Waals surface area contributed by atoms with Gasteiger partial charge in [0.2, 0.25) is 11.8 Å². The Morgan fingerprint density at radius 1 is 1.30 bits per heavy atom. The number of aliphatic hydroxyl groups is 1. The van der Waals surface area contributed by atoms with Gasteiger partial charge in [-0.15, -0.1) is 0 Å². The van der Waals surface area contributed by atoms with E-state index in [0.29, 0.717) is 19.4 Å². The fourth-order valence-electron chi connectivity index (χ4n) is 2.84. The Hall–Kier alpha value is -3.46. The van der Waals surface area contributed by atoms with Crippen LogP contribution < -0.4 is 33.6 Å². The number of amides is 3. The molecule has 0 aromatic carbocycles. The van der Waals surface area contributed by atoms with Crippen molar-refractivity contribution < 1.29 is 29.1 Å². The lowest BCUT2D eigenvalue weighted by Gasteiger charge is -2.16. The van der Waals surface area contributed by atoms with E-state index in [1.165, 1.54) is 0 Å². The molecule has 166 valence electrons. The number of rotatable bonds is 11. The van der Waals surface area contributed by atoms with Crippen LogP contribution in [0, 0.1) is 5.92 Å². The molecule has 0 bridgehead atoms. The molecule has 15 heteroatoms. The maximum Gasteiger partial charge on any atom is 0.328 e. The van der Waals surface area contributed by atoms with Crippen molar-refractivity contribution >= 4 is 23.9 Å². The minimum absolute atomic E-state index is 0.0118. The third kappa shape index (κ3) is 5.77. The van der Waals surface area contributed by atoms with Gasteiger partial charge < -0.3 is 48.3 Å². The van der Waals surface area contributed by atoms with Gasteiger partial charge in [-0.2, -0.15) is 4.98 Å². The van der Waals surface area contributed by atoms with Crippen LogP contribution >= 0.6 is 0 Å². The molecular weight excluding hydrogens is 402 g/mol. The van der Waals surface area contributed by atoms with E-state index in [4.69, 9.17) is 37.7 Å². The van der Waals surface area contributed by atoms with Crippen LogP contribution in [0.2, 0.25) is 0 Å². The topological polar surface area (TPSA) is 271 Å². The minimum Gasteiger partial charge on any atom is -0.480 e. The second-order valence-corrected chi connectivity index (χ2v) is 6.91. The number of guanidine groups is 1. The van der Waals surface area contributed by atoms with Gasteiger partial charge in [-0.1, -0.05) is 5.16 Å². The average Bonchev–Trinajstić information content (AvgIpc) is 3.07. The van der Waals surface area contributed by atoms with Crippen LogP contribution in [0.1, 0.15) is 37.0 Å². The third-order valence-electron chi connectivity index (χ3n) is 4.58. The van der Waals surface area contributed by atoms with Crippen LogP contribution in [0.4, 0.5) is 4.79 Å². The molecule has 0 radical (unpaired) electrons. The number of carboxylic acids is 1. The van der Waals surface area contributed by atoms with Gasteiger partial charge in [-0.25, -0.2) is 9.59 Å². The van der Waals surface area contributed by atoms with E-state index in [0.717, 1.165) is 0 Å². The Morgan fingerprint density at radius 3 is 2.57 bits per heavy atom. The average molecular weight is 427 g/mol. The van der Waals surface area contributed by atoms with Gasteiger partial charge in [0.05, 0.1) is 18.6 Å². The number of carbonyl (C=O) groups is 3. The van der Waals surface area contributed by atoms with Crippen LogP contribution in [0.25, 0.3) is 0 Å². The maximum atomic E-state index is 12.0. The molecule has 15 nitrogen and oxygen atoms in total. The number of nitrogens with one attached hydrogen (secondary N) is 2. The van der Waals surface area contributed by atoms with E-state index >= 15 is 0 Å². The molecule has 12 N–H and O–H groups in total.